The van der Waals surface area contributed by atoms with Gasteiger partial charge in [0.05, 0.1) is 0 Å². The zero-order valence-corrected chi connectivity index (χ0v) is 21.3. The van der Waals surface area contributed by atoms with Gasteiger partial charge in [-0.15, -0.1) is 0 Å². The van der Waals surface area contributed by atoms with Crippen molar-refractivity contribution < 1.29 is 14.3 Å². The Balaban J connectivity index is 1.52. The second-order valence-electron chi connectivity index (χ2n) is 10.7. The third-order valence-corrected chi connectivity index (χ3v) is 7.03. The second kappa shape index (κ2) is 9.30. The topological polar surface area (TPSA) is 49.9 Å². The van der Waals surface area contributed by atoms with Crippen molar-refractivity contribution in [2.75, 3.05) is 23.9 Å². The van der Waals surface area contributed by atoms with Crippen LogP contribution in [0.2, 0.25) is 0 Å². The Hall–Kier alpha value is -3.86. The second-order valence-corrected chi connectivity index (χ2v) is 10.7. The van der Waals surface area contributed by atoms with Crippen LogP contribution in [0, 0.1) is 5.41 Å². The van der Waals surface area contributed by atoms with E-state index in [1.54, 1.807) is 4.90 Å². The van der Waals surface area contributed by atoms with Gasteiger partial charge in [-0.3, -0.25) is 14.5 Å². The number of para-hydroxylation sites is 1. The van der Waals surface area contributed by atoms with Gasteiger partial charge in [-0.05, 0) is 65.9 Å². The Morgan fingerprint density at radius 3 is 2.11 bits per heavy atom. The third kappa shape index (κ3) is 4.66. The van der Waals surface area contributed by atoms with Crippen LogP contribution in [-0.4, -0.2) is 25.8 Å². The van der Waals surface area contributed by atoms with Crippen LogP contribution in [0.5, 0.6) is 11.5 Å². The summed E-state index contributed by atoms with van der Waals surface area (Å²) < 4.78 is 5.93. The van der Waals surface area contributed by atoms with Crippen molar-refractivity contribution in [3.63, 3.8) is 0 Å². The van der Waals surface area contributed by atoms with E-state index in [-0.39, 0.29) is 29.4 Å². The van der Waals surface area contributed by atoms with E-state index >= 15 is 0 Å². The molecule has 1 aliphatic heterocycles. The minimum absolute atomic E-state index is 0.0117. The van der Waals surface area contributed by atoms with Gasteiger partial charge in [0, 0.05) is 55.5 Å². The van der Waals surface area contributed by atoms with Gasteiger partial charge in [0.1, 0.15) is 11.5 Å². The molecule has 1 heterocycles. The van der Waals surface area contributed by atoms with Crippen molar-refractivity contribution in [1.29, 1.82) is 0 Å². The summed E-state index contributed by atoms with van der Waals surface area (Å²) in [6.07, 6.45) is 1.44. The molecular formula is C31H32N2O3. The lowest BCUT2D eigenvalue weighted by atomic mass is 9.69. The average Bonchev–Trinajstić information content (AvgIpc) is 2.84. The van der Waals surface area contributed by atoms with E-state index in [1.165, 1.54) is 0 Å². The summed E-state index contributed by atoms with van der Waals surface area (Å²) in [7, 11) is 4.00. The summed E-state index contributed by atoms with van der Waals surface area (Å²) >= 11 is 0. The standard InChI is InChI=1S/C31H32N2O3/c1-31(2)19-27-30(28(34)20-31)26(21-10-12-22(13-11-21)32(3)4)18-29(35)33(27)23-14-16-25(17-15-23)36-24-8-6-5-7-9-24/h5-17,26H,18-20H2,1-4H3. The fourth-order valence-corrected chi connectivity index (χ4v) is 5.29. The molecule has 0 spiro atoms. The molecule has 184 valence electrons. The highest BCUT2D eigenvalue weighted by Crippen LogP contribution is 2.48. The first-order valence-electron chi connectivity index (χ1n) is 12.4. The highest BCUT2D eigenvalue weighted by Gasteiger charge is 2.44. The normalized spacial score (nSPS) is 19.2. The quantitative estimate of drug-likeness (QED) is 0.407. The minimum atomic E-state index is -0.218. The Kier molecular flexibility index (Phi) is 6.17. The van der Waals surface area contributed by atoms with E-state index in [4.69, 9.17) is 4.74 Å². The largest absolute Gasteiger partial charge is 0.457 e. The third-order valence-electron chi connectivity index (χ3n) is 7.03. The number of hydrogen-bond acceptors (Lipinski definition) is 4. The Morgan fingerprint density at radius 1 is 0.833 bits per heavy atom. The highest BCUT2D eigenvalue weighted by atomic mass is 16.5. The molecule has 1 unspecified atom stereocenters. The molecule has 0 bridgehead atoms. The molecule has 0 aromatic heterocycles. The molecule has 3 aromatic carbocycles. The van der Waals surface area contributed by atoms with Crippen LogP contribution in [0.25, 0.3) is 0 Å². The molecule has 0 saturated carbocycles. The maximum absolute atomic E-state index is 13.6. The summed E-state index contributed by atoms with van der Waals surface area (Å²) in [5.74, 6) is 1.39. The predicted molar refractivity (Wildman–Crippen MR) is 144 cm³/mol. The molecule has 0 fully saturated rings. The average molecular weight is 481 g/mol. The van der Waals surface area contributed by atoms with E-state index in [0.717, 1.165) is 34.0 Å². The van der Waals surface area contributed by atoms with Gasteiger partial charge >= 0.3 is 0 Å². The number of hydrogen-bond donors (Lipinski definition) is 0. The number of allylic oxidation sites excluding steroid dienone is 2. The molecule has 1 atom stereocenters. The van der Waals surface area contributed by atoms with Crippen LogP contribution >= 0.6 is 0 Å². The number of amides is 1. The smallest absolute Gasteiger partial charge is 0.232 e. The van der Waals surface area contributed by atoms with Gasteiger partial charge in [0.2, 0.25) is 5.91 Å². The van der Waals surface area contributed by atoms with E-state index < -0.39 is 0 Å². The van der Waals surface area contributed by atoms with Crippen molar-refractivity contribution in [2.45, 2.75) is 39.0 Å². The molecule has 1 aliphatic carbocycles. The summed E-state index contributed by atoms with van der Waals surface area (Å²) in [6.45, 7) is 4.20. The fourth-order valence-electron chi connectivity index (χ4n) is 5.29. The van der Waals surface area contributed by atoms with Crippen LogP contribution in [-0.2, 0) is 9.59 Å². The fraction of sp³-hybridized carbons (Fsp3) is 0.290. The zero-order valence-electron chi connectivity index (χ0n) is 21.3. The summed E-state index contributed by atoms with van der Waals surface area (Å²) in [5.41, 5.74) is 4.29. The van der Waals surface area contributed by atoms with Gasteiger partial charge in [-0.25, -0.2) is 0 Å². The molecule has 5 heteroatoms. The van der Waals surface area contributed by atoms with Crippen LogP contribution < -0.4 is 14.5 Å². The Morgan fingerprint density at radius 2 is 1.47 bits per heavy atom. The number of benzene rings is 3. The van der Waals surface area contributed by atoms with E-state index in [0.29, 0.717) is 18.6 Å². The molecule has 3 aromatic rings. The van der Waals surface area contributed by atoms with Crippen LogP contribution in [0.1, 0.15) is 44.6 Å². The number of ether oxygens (including phenoxy) is 1. The van der Waals surface area contributed by atoms with E-state index in [9.17, 15) is 9.59 Å². The Bertz CT molecular complexity index is 1310. The number of anilines is 2. The summed E-state index contributed by atoms with van der Waals surface area (Å²) in [4.78, 5) is 31.0. The van der Waals surface area contributed by atoms with E-state index in [2.05, 4.69) is 38.1 Å². The van der Waals surface area contributed by atoms with Gasteiger partial charge in [-0.1, -0.05) is 44.2 Å². The first kappa shape index (κ1) is 23.9. The molecule has 2 aliphatic rings. The molecular weight excluding hydrogens is 448 g/mol. The number of nitrogens with zero attached hydrogens (tertiary/aromatic N) is 2. The van der Waals surface area contributed by atoms with Crippen molar-refractivity contribution in [3.05, 3.63) is 95.7 Å². The van der Waals surface area contributed by atoms with Crippen LogP contribution in [0.3, 0.4) is 0 Å². The lowest BCUT2D eigenvalue weighted by Gasteiger charge is -2.43. The number of rotatable bonds is 5. The summed E-state index contributed by atoms with van der Waals surface area (Å²) in [5, 5.41) is 0. The van der Waals surface area contributed by atoms with Gasteiger partial charge in [-0.2, -0.15) is 0 Å². The molecule has 36 heavy (non-hydrogen) atoms. The van der Waals surface area contributed by atoms with Crippen LogP contribution in [0.4, 0.5) is 11.4 Å². The molecule has 0 N–H and O–H groups in total. The lowest BCUT2D eigenvalue weighted by molar-refractivity contribution is -0.121. The monoisotopic (exact) mass is 480 g/mol. The van der Waals surface area contributed by atoms with Gasteiger partial charge < -0.3 is 9.64 Å². The summed E-state index contributed by atoms with van der Waals surface area (Å²) in [6, 6.07) is 25.4. The molecule has 1 amide bonds. The number of carbonyl (C=O) groups excluding carboxylic acids is 2. The Labute approximate surface area is 213 Å². The molecule has 5 rings (SSSR count). The molecule has 0 saturated heterocycles. The van der Waals surface area contributed by atoms with Crippen molar-refractivity contribution in [2.24, 2.45) is 5.41 Å². The van der Waals surface area contributed by atoms with Crippen molar-refractivity contribution >= 4 is 23.1 Å². The lowest BCUT2D eigenvalue weighted by Crippen LogP contribution is -2.43. The van der Waals surface area contributed by atoms with Gasteiger partial charge in [0.25, 0.3) is 0 Å². The number of ketones is 1. The molecule has 0 radical (unpaired) electrons. The maximum Gasteiger partial charge on any atom is 0.232 e. The first-order valence-corrected chi connectivity index (χ1v) is 12.4. The number of Topliss-reactive ketones (excluding diaryl/α,β-unsaturated/α-hetero) is 1. The van der Waals surface area contributed by atoms with Crippen LogP contribution in [0.15, 0.2) is 90.1 Å². The van der Waals surface area contributed by atoms with E-state index in [1.807, 2.05) is 73.6 Å². The zero-order chi connectivity index (χ0) is 25.4. The SMILES string of the molecule is CN(C)c1ccc(C2CC(=O)N(c3ccc(Oc4ccccc4)cc3)C3=C2C(=O)CC(C)(C)C3)cc1. The maximum atomic E-state index is 13.6. The predicted octanol–water partition coefficient (Wildman–Crippen LogP) is 6.71. The van der Waals surface area contributed by atoms with Crippen molar-refractivity contribution in [3.8, 4) is 11.5 Å². The first-order chi connectivity index (χ1) is 17.2. The number of carbonyl (C=O) groups is 2. The molecule has 5 nitrogen and oxygen atoms in total. The minimum Gasteiger partial charge on any atom is -0.457 e. The highest BCUT2D eigenvalue weighted by molar-refractivity contribution is 6.07. The van der Waals surface area contributed by atoms with Gasteiger partial charge in [0.15, 0.2) is 5.78 Å². The van der Waals surface area contributed by atoms with Crippen molar-refractivity contribution in [1.82, 2.24) is 0 Å².